The van der Waals surface area contributed by atoms with Gasteiger partial charge >= 0.3 is 0 Å². The van der Waals surface area contributed by atoms with E-state index in [0.717, 1.165) is 30.1 Å². The summed E-state index contributed by atoms with van der Waals surface area (Å²) >= 11 is 1.57. The van der Waals surface area contributed by atoms with Crippen molar-refractivity contribution in [2.24, 2.45) is 5.92 Å². The van der Waals surface area contributed by atoms with Crippen molar-refractivity contribution in [1.82, 2.24) is 29.7 Å². The molecule has 1 aliphatic heterocycles. The maximum Gasteiger partial charge on any atom is 0.228 e. The van der Waals surface area contributed by atoms with Gasteiger partial charge in [-0.2, -0.15) is 15.0 Å². The van der Waals surface area contributed by atoms with E-state index >= 15 is 0 Å². The Morgan fingerprint density at radius 1 is 1.00 bits per heavy atom. The van der Waals surface area contributed by atoms with E-state index in [1.54, 1.807) is 11.8 Å². The van der Waals surface area contributed by atoms with Gasteiger partial charge in [0.05, 0.1) is 5.75 Å². The zero-order valence-corrected chi connectivity index (χ0v) is 15.1. The average Bonchev–Trinajstić information content (AvgIpc) is 3.32. The first kappa shape index (κ1) is 16.4. The second-order valence-electron chi connectivity index (χ2n) is 6.81. The molecule has 2 aromatic rings. The molecule has 9 nitrogen and oxygen atoms in total. The van der Waals surface area contributed by atoms with Crippen LogP contribution in [-0.2, 0) is 5.75 Å². The molecule has 0 amide bonds. The van der Waals surface area contributed by atoms with Crippen LogP contribution in [0, 0.1) is 5.92 Å². The van der Waals surface area contributed by atoms with Gasteiger partial charge in [-0.3, -0.25) is 4.57 Å². The number of nitrogens with two attached hydrogens (primary N) is 2. The molecule has 4 N–H and O–H groups in total. The van der Waals surface area contributed by atoms with Gasteiger partial charge in [0.25, 0.3) is 0 Å². The van der Waals surface area contributed by atoms with E-state index in [1.165, 1.54) is 25.7 Å². The summed E-state index contributed by atoms with van der Waals surface area (Å²) < 4.78 is 2.29. The zero-order chi connectivity index (χ0) is 17.4. The molecule has 0 atom stereocenters. The number of thioether (sulfide) groups is 1. The van der Waals surface area contributed by atoms with E-state index < -0.39 is 0 Å². The average molecular weight is 361 g/mol. The maximum absolute atomic E-state index is 5.64. The molecule has 10 heteroatoms. The molecule has 0 bridgehead atoms. The van der Waals surface area contributed by atoms with Crippen molar-refractivity contribution in [2.75, 3.05) is 29.5 Å². The summed E-state index contributed by atoms with van der Waals surface area (Å²) in [4.78, 5) is 14.4. The van der Waals surface area contributed by atoms with Crippen molar-refractivity contribution < 1.29 is 0 Å². The molecule has 0 unspecified atom stereocenters. The van der Waals surface area contributed by atoms with Gasteiger partial charge in [0.1, 0.15) is 5.82 Å². The highest BCUT2D eigenvalue weighted by atomic mass is 32.2. The van der Waals surface area contributed by atoms with Gasteiger partial charge in [-0.15, -0.1) is 10.2 Å². The van der Waals surface area contributed by atoms with E-state index in [1.807, 2.05) is 0 Å². The molecule has 1 aliphatic carbocycles. The predicted octanol–water partition coefficient (Wildman–Crippen LogP) is 1.49. The van der Waals surface area contributed by atoms with Crippen LogP contribution in [0.4, 0.5) is 17.8 Å². The maximum atomic E-state index is 5.64. The third kappa shape index (κ3) is 3.63. The third-order valence-electron chi connectivity index (χ3n) is 4.67. The Hall–Kier alpha value is -2.10. The number of hydrogen-bond acceptors (Lipinski definition) is 9. The van der Waals surface area contributed by atoms with Gasteiger partial charge in [0, 0.05) is 19.1 Å². The number of anilines is 3. The SMILES string of the molecule is CC1CCN(c2nnc(SCc3nc(N)nc(N)n3)n2C2CC2)CC1. The summed E-state index contributed by atoms with van der Waals surface area (Å²) in [7, 11) is 0. The highest BCUT2D eigenvalue weighted by molar-refractivity contribution is 7.98. The van der Waals surface area contributed by atoms with Crippen LogP contribution in [0.3, 0.4) is 0 Å². The van der Waals surface area contributed by atoms with Crippen molar-refractivity contribution in [3.05, 3.63) is 5.82 Å². The van der Waals surface area contributed by atoms with E-state index in [2.05, 4.69) is 41.5 Å². The van der Waals surface area contributed by atoms with Crippen molar-refractivity contribution >= 4 is 29.6 Å². The number of rotatable bonds is 5. The Balaban J connectivity index is 1.52. The van der Waals surface area contributed by atoms with Gasteiger partial charge in [0.2, 0.25) is 17.8 Å². The van der Waals surface area contributed by atoms with Crippen LogP contribution in [-0.4, -0.2) is 42.8 Å². The summed E-state index contributed by atoms with van der Waals surface area (Å²) in [6.07, 6.45) is 4.80. The Morgan fingerprint density at radius 2 is 1.68 bits per heavy atom. The molecule has 134 valence electrons. The summed E-state index contributed by atoms with van der Waals surface area (Å²) in [5.74, 6) is 3.20. The Bertz CT molecular complexity index is 729. The molecule has 25 heavy (non-hydrogen) atoms. The van der Waals surface area contributed by atoms with Crippen LogP contribution in [0.2, 0.25) is 0 Å². The smallest absolute Gasteiger partial charge is 0.228 e. The van der Waals surface area contributed by atoms with Crippen molar-refractivity contribution in [3.63, 3.8) is 0 Å². The Labute approximate surface area is 150 Å². The number of nitrogens with zero attached hydrogens (tertiary/aromatic N) is 7. The van der Waals surface area contributed by atoms with Gasteiger partial charge in [-0.1, -0.05) is 18.7 Å². The fraction of sp³-hybridized carbons (Fsp3) is 0.667. The van der Waals surface area contributed by atoms with Crippen LogP contribution in [0.1, 0.15) is 44.5 Å². The van der Waals surface area contributed by atoms with Crippen molar-refractivity contribution in [2.45, 2.75) is 49.6 Å². The van der Waals surface area contributed by atoms with Crippen LogP contribution in [0.15, 0.2) is 5.16 Å². The minimum atomic E-state index is 0.148. The monoisotopic (exact) mass is 361 g/mol. The van der Waals surface area contributed by atoms with E-state index in [4.69, 9.17) is 11.5 Å². The molecular formula is C15H23N9S. The molecular weight excluding hydrogens is 338 g/mol. The first-order chi connectivity index (χ1) is 12.1. The molecule has 0 spiro atoms. The normalized spacial score (nSPS) is 18.7. The van der Waals surface area contributed by atoms with Crippen LogP contribution >= 0.6 is 11.8 Å². The zero-order valence-electron chi connectivity index (χ0n) is 14.3. The summed E-state index contributed by atoms with van der Waals surface area (Å²) in [6.45, 7) is 4.42. The lowest BCUT2D eigenvalue weighted by Crippen LogP contribution is -2.34. The Kier molecular flexibility index (Phi) is 4.36. The fourth-order valence-corrected chi connectivity index (χ4v) is 3.95. The minimum Gasteiger partial charge on any atom is -0.368 e. The molecule has 3 heterocycles. The van der Waals surface area contributed by atoms with Gasteiger partial charge in [-0.05, 0) is 31.6 Å². The first-order valence-electron chi connectivity index (χ1n) is 8.68. The number of hydrogen-bond donors (Lipinski definition) is 2. The standard InChI is InChI=1S/C15H23N9S/c1-9-4-6-23(7-5-9)14-21-22-15(24(14)10-2-3-10)25-8-11-18-12(16)20-13(17)19-11/h9-10H,2-8H2,1H3,(H4,16,17,18,19,20). The predicted molar refractivity (Wildman–Crippen MR) is 97.1 cm³/mol. The lowest BCUT2D eigenvalue weighted by Gasteiger charge is -2.31. The molecule has 0 aromatic carbocycles. The quantitative estimate of drug-likeness (QED) is 0.762. The lowest BCUT2D eigenvalue weighted by molar-refractivity contribution is 0.429. The lowest BCUT2D eigenvalue weighted by atomic mass is 10.00. The van der Waals surface area contributed by atoms with Crippen LogP contribution < -0.4 is 16.4 Å². The first-order valence-corrected chi connectivity index (χ1v) is 9.67. The van der Waals surface area contributed by atoms with E-state index in [9.17, 15) is 0 Å². The summed E-state index contributed by atoms with van der Waals surface area (Å²) in [6, 6.07) is 0.514. The molecule has 0 radical (unpaired) electrons. The third-order valence-corrected chi connectivity index (χ3v) is 5.61. The molecule has 2 aromatic heterocycles. The topological polar surface area (TPSA) is 125 Å². The summed E-state index contributed by atoms with van der Waals surface area (Å²) in [5, 5.41) is 9.83. The van der Waals surface area contributed by atoms with E-state index in [0.29, 0.717) is 17.6 Å². The number of nitrogen functional groups attached to an aromatic ring is 2. The van der Waals surface area contributed by atoms with Crippen molar-refractivity contribution in [3.8, 4) is 0 Å². The van der Waals surface area contributed by atoms with Crippen LogP contribution in [0.5, 0.6) is 0 Å². The van der Waals surface area contributed by atoms with Crippen LogP contribution in [0.25, 0.3) is 0 Å². The summed E-state index contributed by atoms with van der Waals surface area (Å²) in [5.41, 5.74) is 11.3. The van der Waals surface area contributed by atoms with E-state index in [-0.39, 0.29) is 11.9 Å². The van der Waals surface area contributed by atoms with Crippen molar-refractivity contribution in [1.29, 1.82) is 0 Å². The second-order valence-corrected chi connectivity index (χ2v) is 7.75. The number of aromatic nitrogens is 6. The highest BCUT2D eigenvalue weighted by Gasteiger charge is 2.32. The molecule has 1 saturated carbocycles. The van der Waals surface area contributed by atoms with Gasteiger partial charge in [0.15, 0.2) is 5.16 Å². The molecule has 4 rings (SSSR count). The Morgan fingerprint density at radius 3 is 2.32 bits per heavy atom. The highest BCUT2D eigenvalue weighted by Crippen LogP contribution is 2.41. The minimum absolute atomic E-state index is 0.148. The van der Waals surface area contributed by atoms with Gasteiger partial charge in [-0.25, -0.2) is 0 Å². The van der Waals surface area contributed by atoms with Gasteiger partial charge < -0.3 is 16.4 Å². The molecule has 2 fully saturated rings. The second kappa shape index (κ2) is 6.66. The largest absolute Gasteiger partial charge is 0.368 e. The fourth-order valence-electron chi connectivity index (χ4n) is 3.09. The molecule has 2 aliphatic rings. The number of piperidine rings is 1. The molecule has 1 saturated heterocycles.